The Hall–Kier alpha value is -3.27. The van der Waals surface area contributed by atoms with Gasteiger partial charge in [-0.15, -0.1) is 0 Å². The van der Waals surface area contributed by atoms with E-state index in [1.807, 2.05) is 29.2 Å². The van der Waals surface area contributed by atoms with Crippen LogP contribution in [0.4, 0.5) is 11.4 Å². The molecule has 4 nitrogen and oxygen atoms in total. The monoisotopic (exact) mass is 400 g/mol. The van der Waals surface area contributed by atoms with Crippen LogP contribution in [0.5, 0.6) is 5.75 Å². The smallest absolute Gasteiger partial charge is 0.258 e. The number of hydrogen-bond acceptors (Lipinski definition) is 3. The second-order valence-electron chi connectivity index (χ2n) is 8.11. The number of benzene rings is 3. The molecule has 4 rings (SSSR count). The van der Waals surface area contributed by atoms with Crippen molar-refractivity contribution in [3.63, 3.8) is 0 Å². The predicted molar refractivity (Wildman–Crippen MR) is 123 cm³/mol. The van der Waals surface area contributed by atoms with Crippen LogP contribution in [0.25, 0.3) is 0 Å². The van der Waals surface area contributed by atoms with Gasteiger partial charge in [0.1, 0.15) is 5.75 Å². The van der Waals surface area contributed by atoms with E-state index in [0.29, 0.717) is 5.56 Å². The van der Waals surface area contributed by atoms with Crippen molar-refractivity contribution in [2.45, 2.75) is 39.3 Å². The van der Waals surface area contributed by atoms with Crippen molar-refractivity contribution in [1.82, 2.24) is 0 Å². The first-order valence-electron chi connectivity index (χ1n) is 10.4. The molecular weight excluding hydrogens is 372 g/mol. The molecule has 0 aliphatic carbocycles. The number of carbonyl (C=O) groups excluding carboxylic acids is 1. The van der Waals surface area contributed by atoms with Gasteiger partial charge in [0.05, 0.1) is 13.2 Å². The summed E-state index contributed by atoms with van der Waals surface area (Å²) >= 11 is 0. The number of methoxy groups -OCH3 is 1. The van der Waals surface area contributed by atoms with Gasteiger partial charge in [0.15, 0.2) is 0 Å². The first-order chi connectivity index (χ1) is 14.5. The van der Waals surface area contributed by atoms with Crippen molar-refractivity contribution in [2.24, 2.45) is 0 Å². The molecule has 1 heterocycles. The number of carbonyl (C=O) groups is 1. The average Bonchev–Trinajstić information content (AvgIpc) is 2.75. The van der Waals surface area contributed by atoms with Crippen molar-refractivity contribution in [3.05, 3.63) is 89.0 Å². The molecular formula is C26H28N2O2. The van der Waals surface area contributed by atoms with Gasteiger partial charge in [-0.2, -0.15) is 0 Å². The number of ether oxygens (including phenoxy) is 1. The van der Waals surface area contributed by atoms with Gasteiger partial charge in [-0.25, -0.2) is 0 Å². The maximum atomic E-state index is 13.5. The molecule has 0 spiro atoms. The zero-order valence-corrected chi connectivity index (χ0v) is 18.0. The molecule has 3 aromatic carbocycles. The Morgan fingerprint density at radius 2 is 1.63 bits per heavy atom. The second kappa shape index (κ2) is 8.23. The normalized spacial score (nSPS) is 17.9. The molecule has 30 heavy (non-hydrogen) atoms. The summed E-state index contributed by atoms with van der Waals surface area (Å²) in [7, 11) is 1.63. The van der Waals surface area contributed by atoms with Gasteiger partial charge in [0.2, 0.25) is 0 Å². The Labute approximate surface area is 178 Å². The molecule has 1 aliphatic heterocycles. The topological polar surface area (TPSA) is 41.6 Å². The maximum absolute atomic E-state index is 13.5. The zero-order chi connectivity index (χ0) is 21.3. The molecule has 1 amide bonds. The number of fused-ring (bicyclic) bond motifs is 1. The van der Waals surface area contributed by atoms with Gasteiger partial charge in [-0.1, -0.05) is 29.8 Å². The predicted octanol–water partition coefficient (Wildman–Crippen LogP) is 5.90. The molecule has 0 radical (unpaired) electrons. The molecule has 1 N–H and O–H groups in total. The van der Waals surface area contributed by atoms with E-state index >= 15 is 0 Å². The summed E-state index contributed by atoms with van der Waals surface area (Å²) in [5.74, 6) is 0.766. The van der Waals surface area contributed by atoms with Crippen molar-refractivity contribution in [1.29, 1.82) is 0 Å². The van der Waals surface area contributed by atoms with Crippen LogP contribution >= 0.6 is 0 Å². The lowest BCUT2D eigenvalue weighted by atomic mass is 9.90. The fourth-order valence-electron chi connectivity index (χ4n) is 4.14. The maximum Gasteiger partial charge on any atom is 0.258 e. The summed E-state index contributed by atoms with van der Waals surface area (Å²) in [5, 5.41) is 3.67. The van der Waals surface area contributed by atoms with Crippen LogP contribution in [-0.2, 0) is 0 Å². The largest absolute Gasteiger partial charge is 0.497 e. The SMILES string of the molecule is COc1ccc(C(=O)N2c3cc(C)ccc3[C@@H](Nc3ccc(C)cc3)C[C@H]2C)cc1. The number of amides is 1. The highest BCUT2D eigenvalue weighted by Crippen LogP contribution is 2.40. The molecule has 0 saturated carbocycles. The van der Waals surface area contributed by atoms with Crippen LogP contribution in [0.15, 0.2) is 66.7 Å². The lowest BCUT2D eigenvalue weighted by Gasteiger charge is -2.40. The van der Waals surface area contributed by atoms with E-state index in [9.17, 15) is 4.79 Å². The lowest BCUT2D eigenvalue weighted by Crippen LogP contribution is -2.44. The Morgan fingerprint density at radius 3 is 2.30 bits per heavy atom. The molecule has 4 heteroatoms. The quantitative estimate of drug-likeness (QED) is 0.592. The molecule has 0 fully saturated rings. The minimum atomic E-state index is 0.0192. The van der Waals surface area contributed by atoms with E-state index in [0.717, 1.165) is 34.7 Å². The standard InChI is InChI=1S/C26H28N2O2/c1-17-5-10-21(11-6-17)27-24-16-19(3)28(25-15-18(2)7-14-23(24)25)26(29)20-8-12-22(30-4)13-9-20/h5-15,19,24,27H,16H2,1-4H3/t19-,24+/m1/s1. The van der Waals surface area contributed by atoms with Gasteiger partial charge >= 0.3 is 0 Å². The van der Waals surface area contributed by atoms with Gasteiger partial charge in [-0.05, 0) is 80.8 Å². The van der Waals surface area contributed by atoms with Gasteiger partial charge in [-0.3, -0.25) is 4.79 Å². The fraction of sp³-hybridized carbons (Fsp3) is 0.269. The van der Waals surface area contributed by atoms with E-state index < -0.39 is 0 Å². The second-order valence-corrected chi connectivity index (χ2v) is 8.11. The molecule has 0 aromatic heterocycles. The summed E-state index contributed by atoms with van der Waals surface area (Å²) in [5.41, 5.74) is 6.29. The first kappa shape index (κ1) is 20.0. The highest BCUT2D eigenvalue weighted by Gasteiger charge is 2.34. The van der Waals surface area contributed by atoms with Crippen LogP contribution in [0.2, 0.25) is 0 Å². The van der Waals surface area contributed by atoms with Crippen LogP contribution in [-0.4, -0.2) is 19.1 Å². The molecule has 2 atom stereocenters. The molecule has 0 saturated heterocycles. The Kier molecular flexibility index (Phi) is 5.49. The lowest BCUT2D eigenvalue weighted by molar-refractivity contribution is 0.0974. The van der Waals surface area contributed by atoms with Gasteiger partial charge < -0.3 is 15.0 Å². The molecule has 0 unspecified atom stereocenters. The van der Waals surface area contributed by atoms with Gasteiger partial charge in [0.25, 0.3) is 5.91 Å². The Bertz CT molecular complexity index is 1040. The van der Waals surface area contributed by atoms with Crippen molar-refractivity contribution in [3.8, 4) is 5.75 Å². The minimum absolute atomic E-state index is 0.0192. The zero-order valence-electron chi connectivity index (χ0n) is 18.0. The number of nitrogens with one attached hydrogen (secondary N) is 1. The van der Waals surface area contributed by atoms with Crippen LogP contribution < -0.4 is 15.0 Å². The van der Waals surface area contributed by atoms with Gasteiger partial charge in [0, 0.05) is 23.0 Å². The Balaban J connectivity index is 1.69. The van der Waals surface area contributed by atoms with E-state index in [1.165, 1.54) is 5.56 Å². The first-order valence-corrected chi connectivity index (χ1v) is 10.4. The highest BCUT2D eigenvalue weighted by molar-refractivity contribution is 6.07. The van der Waals surface area contributed by atoms with Crippen LogP contribution in [0.1, 0.15) is 46.4 Å². The molecule has 0 bridgehead atoms. The highest BCUT2D eigenvalue weighted by atomic mass is 16.5. The summed E-state index contributed by atoms with van der Waals surface area (Å²) in [6.07, 6.45) is 0.839. The summed E-state index contributed by atoms with van der Waals surface area (Å²) in [4.78, 5) is 15.4. The third-order valence-electron chi connectivity index (χ3n) is 5.79. The summed E-state index contributed by atoms with van der Waals surface area (Å²) in [6, 6.07) is 22.4. The number of aryl methyl sites for hydroxylation is 2. The average molecular weight is 401 g/mol. The molecule has 154 valence electrons. The van der Waals surface area contributed by atoms with E-state index in [4.69, 9.17) is 4.74 Å². The number of anilines is 2. The fourth-order valence-corrected chi connectivity index (χ4v) is 4.14. The third-order valence-corrected chi connectivity index (χ3v) is 5.79. The van der Waals surface area contributed by atoms with Crippen molar-refractivity contribution >= 4 is 17.3 Å². The molecule has 1 aliphatic rings. The van der Waals surface area contributed by atoms with Crippen LogP contribution in [0.3, 0.4) is 0 Å². The minimum Gasteiger partial charge on any atom is -0.497 e. The third kappa shape index (κ3) is 3.90. The summed E-state index contributed by atoms with van der Waals surface area (Å²) < 4.78 is 5.23. The van der Waals surface area contributed by atoms with E-state index in [1.54, 1.807) is 7.11 Å². The van der Waals surface area contributed by atoms with E-state index in [2.05, 4.69) is 68.6 Å². The number of rotatable bonds is 4. The molecule has 3 aromatic rings. The van der Waals surface area contributed by atoms with Crippen molar-refractivity contribution < 1.29 is 9.53 Å². The Morgan fingerprint density at radius 1 is 0.967 bits per heavy atom. The van der Waals surface area contributed by atoms with Crippen LogP contribution in [0, 0.1) is 13.8 Å². The van der Waals surface area contributed by atoms with E-state index in [-0.39, 0.29) is 18.0 Å². The number of hydrogen-bond donors (Lipinski definition) is 1. The summed E-state index contributed by atoms with van der Waals surface area (Å²) in [6.45, 7) is 6.28. The van der Waals surface area contributed by atoms with Crippen molar-refractivity contribution in [2.75, 3.05) is 17.3 Å². The number of nitrogens with zero attached hydrogens (tertiary/aromatic N) is 1.